The van der Waals surface area contributed by atoms with E-state index in [9.17, 15) is 0 Å². The number of methoxy groups -OCH3 is 1. The minimum Gasteiger partial charge on any atom is -0.385 e. The van der Waals surface area contributed by atoms with E-state index in [1.807, 2.05) is 11.8 Å². The van der Waals surface area contributed by atoms with Gasteiger partial charge in [-0.1, -0.05) is 25.6 Å². The van der Waals surface area contributed by atoms with E-state index < -0.39 is 0 Å². The van der Waals surface area contributed by atoms with Crippen LogP contribution in [0.25, 0.3) is 0 Å². The number of nitrogens with zero attached hydrogens (tertiary/aromatic N) is 1. The van der Waals surface area contributed by atoms with Gasteiger partial charge in [-0.3, -0.25) is 4.99 Å². The topological polar surface area (TPSA) is 33.6 Å². The van der Waals surface area contributed by atoms with Crippen LogP contribution in [0.2, 0.25) is 0 Å². The fourth-order valence-corrected chi connectivity index (χ4v) is 3.09. The molecule has 16 heavy (non-hydrogen) atoms. The van der Waals surface area contributed by atoms with Crippen molar-refractivity contribution in [3.05, 3.63) is 0 Å². The second-order valence-electron chi connectivity index (χ2n) is 4.84. The maximum Gasteiger partial charge on any atom is 0.157 e. The fraction of sp³-hybridized carbons (Fsp3) is 0.917. The zero-order chi connectivity index (χ0) is 12.0. The summed E-state index contributed by atoms with van der Waals surface area (Å²) in [6.07, 6.45) is 2.29. The van der Waals surface area contributed by atoms with Gasteiger partial charge in [0.2, 0.25) is 0 Å². The number of amidine groups is 1. The summed E-state index contributed by atoms with van der Waals surface area (Å²) in [5.74, 6) is 0.762. The van der Waals surface area contributed by atoms with Crippen LogP contribution < -0.4 is 5.32 Å². The van der Waals surface area contributed by atoms with Gasteiger partial charge < -0.3 is 10.1 Å². The van der Waals surface area contributed by atoms with E-state index in [1.165, 1.54) is 6.42 Å². The van der Waals surface area contributed by atoms with Gasteiger partial charge in [0, 0.05) is 25.0 Å². The van der Waals surface area contributed by atoms with E-state index in [2.05, 4.69) is 31.1 Å². The number of ether oxygens (including phenoxy) is 1. The van der Waals surface area contributed by atoms with E-state index in [1.54, 1.807) is 7.11 Å². The summed E-state index contributed by atoms with van der Waals surface area (Å²) < 4.78 is 5.06. The molecule has 1 heterocycles. The van der Waals surface area contributed by atoms with E-state index in [0.29, 0.717) is 11.3 Å². The average molecular weight is 244 g/mol. The predicted octanol–water partition coefficient (Wildman–Crippen LogP) is 2.52. The lowest BCUT2D eigenvalue weighted by Crippen LogP contribution is -2.31. The van der Waals surface area contributed by atoms with Crippen LogP contribution in [-0.4, -0.2) is 36.7 Å². The Morgan fingerprint density at radius 3 is 2.88 bits per heavy atom. The van der Waals surface area contributed by atoms with Crippen LogP contribution in [0.3, 0.4) is 0 Å². The molecular formula is C12H24N2OS. The van der Waals surface area contributed by atoms with Crippen LogP contribution in [0.15, 0.2) is 4.99 Å². The first-order chi connectivity index (χ1) is 7.61. The molecule has 0 aliphatic carbocycles. The summed E-state index contributed by atoms with van der Waals surface area (Å²) in [6.45, 7) is 8.50. The molecule has 0 saturated heterocycles. The van der Waals surface area contributed by atoms with Crippen molar-refractivity contribution < 1.29 is 4.74 Å². The van der Waals surface area contributed by atoms with E-state index in [-0.39, 0.29) is 0 Å². The molecule has 2 atom stereocenters. The molecule has 0 fully saturated rings. The smallest absolute Gasteiger partial charge is 0.157 e. The first-order valence-electron chi connectivity index (χ1n) is 6.08. The maximum absolute atomic E-state index is 5.06. The molecule has 1 rings (SSSR count). The normalized spacial score (nSPS) is 22.3. The highest BCUT2D eigenvalue weighted by Crippen LogP contribution is 2.25. The SMILES string of the molecule is COCCC(C)NC1=NCC(CC(C)C)S1. The molecule has 0 aromatic rings. The molecule has 4 heteroatoms. The third kappa shape index (κ3) is 5.21. The van der Waals surface area contributed by atoms with Crippen molar-refractivity contribution in [3.8, 4) is 0 Å². The van der Waals surface area contributed by atoms with Crippen LogP contribution in [-0.2, 0) is 4.74 Å². The number of aliphatic imine (C=N–C) groups is 1. The lowest BCUT2D eigenvalue weighted by atomic mass is 10.1. The molecule has 0 radical (unpaired) electrons. The Kier molecular flexibility index (Phi) is 6.21. The molecule has 3 nitrogen and oxygen atoms in total. The Labute approximate surface area is 103 Å². The molecule has 1 aliphatic heterocycles. The van der Waals surface area contributed by atoms with Crippen LogP contribution >= 0.6 is 11.8 Å². The lowest BCUT2D eigenvalue weighted by molar-refractivity contribution is 0.187. The van der Waals surface area contributed by atoms with Crippen molar-refractivity contribution in [1.29, 1.82) is 0 Å². The molecule has 2 unspecified atom stereocenters. The number of hydrogen-bond donors (Lipinski definition) is 1. The second-order valence-corrected chi connectivity index (χ2v) is 6.13. The number of nitrogens with one attached hydrogen (secondary N) is 1. The fourth-order valence-electron chi connectivity index (χ4n) is 1.72. The van der Waals surface area contributed by atoms with Gasteiger partial charge in [0.1, 0.15) is 0 Å². The minimum atomic E-state index is 0.448. The Morgan fingerprint density at radius 1 is 1.50 bits per heavy atom. The van der Waals surface area contributed by atoms with E-state index >= 15 is 0 Å². The van der Waals surface area contributed by atoms with Gasteiger partial charge in [0.15, 0.2) is 5.17 Å². The first-order valence-corrected chi connectivity index (χ1v) is 6.96. The summed E-state index contributed by atoms with van der Waals surface area (Å²) in [5.41, 5.74) is 0. The number of thioether (sulfide) groups is 1. The molecule has 0 aromatic carbocycles. The van der Waals surface area contributed by atoms with E-state index in [4.69, 9.17) is 4.74 Å². The van der Waals surface area contributed by atoms with Crippen molar-refractivity contribution in [2.45, 2.75) is 44.9 Å². The van der Waals surface area contributed by atoms with Crippen molar-refractivity contribution >= 4 is 16.9 Å². The van der Waals surface area contributed by atoms with Gasteiger partial charge in [0.05, 0.1) is 6.54 Å². The third-order valence-corrected chi connectivity index (χ3v) is 3.72. The second kappa shape index (κ2) is 7.17. The van der Waals surface area contributed by atoms with Gasteiger partial charge in [0.25, 0.3) is 0 Å². The highest BCUT2D eigenvalue weighted by molar-refractivity contribution is 8.14. The molecular weight excluding hydrogens is 220 g/mol. The molecule has 0 spiro atoms. The maximum atomic E-state index is 5.06. The van der Waals surface area contributed by atoms with Gasteiger partial charge in [-0.2, -0.15) is 0 Å². The zero-order valence-electron chi connectivity index (χ0n) is 10.8. The average Bonchev–Trinajstić information content (AvgIpc) is 2.61. The van der Waals surface area contributed by atoms with Crippen LogP contribution in [0.1, 0.15) is 33.6 Å². The quantitative estimate of drug-likeness (QED) is 0.779. The van der Waals surface area contributed by atoms with Gasteiger partial charge >= 0.3 is 0 Å². The Bertz CT molecular complexity index is 231. The molecule has 0 aromatic heterocycles. The van der Waals surface area contributed by atoms with Gasteiger partial charge in [-0.05, 0) is 25.7 Å². The molecule has 0 bridgehead atoms. The van der Waals surface area contributed by atoms with Crippen LogP contribution in [0.4, 0.5) is 0 Å². The zero-order valence-corrected chi connectivity index (χ0v) is 11.6. The van der Waals surface area contributed by atoms with Gasteiger partial charge in [-0.25, -0.2) is 0 Å². The first kappa shape index (κ1) is 13.8. The summed E-state index contributed by atoms with van der Waals surface area (Å²) >= 11 is 1.90. The highest BCUT2D eigenvalue weighted by atomic mass is 32.2. The highest BCUT2D eigenvalue weighted by Gasteiger charge is 2.21. The number of hydrogen-bond acceptors (Lipinski definition) is 4. The summed E-state index contributed by atoms with van der Waals surface area (Å²) in [4.78, 5) is 4.55. The Balaban J connectivity index is 2.20. The van der Waals surface area contributed by atoms with Crippen molar-refractivity contribution in [2.24, 2.45) is 10.9 Å². The summed E-state index contributed by atoms with van der Waals surface area (Å²) in [6, 6.07) is 0.448. The Morgan fingerprint density at radius 2 is 2.25 bits per heavy atom. The molecule has 1 aliphatic rings. The molecule has 0 amide bonds. The van der Waals surface area contributed by atoms with Crippen molar-refractivity contribution in [1.82, 2.24) is 5.32 Å². The standard InChI is InChI=1S/C12H24N2OS/c1-9(2)7-11-8-13-12(16-11)14-10(3)5-6-15-4/h9-11H,5-8H2,1-4H3,(H,13,14). The molecule has 94 valence electrons. The predicted molar refractivity (Wildman–Crippen MR) is 72.2 cm³/mol. The minimum absolute atomic E-state index is 0.448. The summed E-state index contributed by atoms with van der Waals surface area (Å²) in [7, 11) is 1.74. The van der Waals surface area contributed by atoms with E-state index in [0.717, 1.165) is 30.7 Å². The molecule has 1 N–H and O–H groups in total. The van der Waals surface area contributed by atoms with Crippen molar-refractivity contribution in [2.75, 3.05) is 20.3 Å². The monoisotopic (exact) mass is 244 g/mol. The molecule has 0 saturated carbocycles. The Hall–Kier alpha value is -0.220. The lowest BCUT2D eigenvalue weighted by Gasteiger charge is -2.15. The van der Waals surface area contributed by atoms with Crippen molar-refractivity contribution in [3.63, 3.8) is 0 Å². The third-order valence-electron chi connectivity index (χ3n) is 2.58. The largest absolute Gasteiger partial charge is 0.385 e. The number of rotatable bonds is 6. The summed E-state index contributed by atoms with van der Waals surface area (Å²) in [5, 5.41) is 5.25. The van der Waals surface area contributed by atoms with Gasteiger partial charge in [-0.15, -0.1) is 0 Å². The van der Waals surface area contributed by atoms with Crippen LogP contribution in [0, 0.1) is 5.92 Å². The van der Waals surface area contributed by atoms with Crippen LogP contribution in [0.5, 0.6) is 0 Å².